The van der Waals surface area contributed by atoms with Crippen molar-refractivity contribution in [3.05, 3.63) is 95.4 Å². The average Bonchev–Trinajstić information content (AvgIpc) is 3.35. The second-order valence-corrected chi connectivity index (χ2v) is 10.5. The molecule has 0 aliphatic rings. The second kappa shape index (κ2) is 12.5. The standard InChI is InChI=1S/C29H29N3O2S2/c1-3-4-13-26(33)30-23-11-8-12-24(18-23)36-27(22-9-6-5-7-10-22)28(34)32-29-31-25(19-35-29)21-16-14-20(2)15-17-21/h5-12,14-19,27H,3-4,13H2,1-2H3,(H,30,33)(H,31,32,34). The minimum absolute atomic E-state index is 0.00417. The van der Waals surface area contributed by atoms with Gasteiger partial charge in [0.25, 0.3) is 0 Å². The Morgan fingerprint density at radius 3 is 2.50 bits per heavy atom. The molecule has 7 heteroatoms. The second-order valence-electron chi connectivity index (χ2n) is 8.48. The molecule has 0 fully saturated rings. The molecule has 4 rings (SSSR count). The van der Waals surface area contributed by atoms with Crippen LogP contribution in [-0.4, -0.2) is 16.8 Å². The van der Waals surface area contributed by atoms with Crippen molar-refractivity contribution < 1.29 is 9.59 Å². The number of thiazole rings is 1. The van der Waals surface area contributed by atoms with Gasteiger partial charge in [-0.2, -0.15) is 0 Å². The molecule has 1 heterocycles. The van der Waals surface area contributed by atoms with E-state index in [0.29, 0.717) is 11.6 Å². The lowest BCUT2D eigenvalue weighted by atomic mass is 10.1. The molecule has 3 aromatic carbocycles. The van der Waals surface area contributed by atoms with Gasteiger partial charge in [0.05, 0.1) is 5.69 Å². The lowest BCUT2D eigenvalue weighted by Gasteiger charge is -2.17. The molecular weight excluding hydrogens is 486 g/mol. The molecule has 0 saturated heterocycles. The van der Waals surface area contributed by atoms with E-state index in [2.05, 4.69) is 34.7 Å². The fourth-order valence-electron chi connectivity index (χ4n) is 3.60. The van der Waals surface area contributed by atoms with Gasteiger partial charge >= 0.3 is 0 Å². The van der Waals surface area contributed by atoms with Gasteiger partial charge in [-0.3, -0.25) is 9.59 Å². The SMILES string of the molecule is CCCCC(=O)Nc1cccc(SC(C(=O)Nc2nc(-c3ccc(C)cc3)cs2)c2ccccc2)c1. The summed E-state index contributed by atoms with van der Waals surface area (Å²) in [5.41, 5.74) is 4.67. The predicted molar refractivity (Wildman–Crippen MR) is 151 cm³/mol. The Balaban J connectivity index is 1.50. The largest absolute Gasteiger partial charge is 0.326 e. The Morgan fingerprint density at radius 1 is 0.972 bits per heavy atom. The van der Waals surface area contributed by atoms with E-state index >= 15 is 0 Å². The number of nitrogens with one attached hydrogen (secondary N) is 2. The number of aromatic nitrogens is 1. The monoisotopic (exact) mass is 515 g/mol. The number of aryl methyl sites for hydroxylation is 1. The maximum atomic E-state index is 13.5. The number of carbonyl (C=O) groups excluding carboxylic acids is 2. The van der Waals surface area contributed by atoms with Gasteiger partial charge in [0, 0.05) is 27.9 Å². The van der Waals surface area contributed by atoms with Gasteiger partial charge < -0.3 is 10.6 Å². The van der Waals surface area contributed by atoms with Crippen molar-refractivity contribution in [2.75, 3.05) is 10.6 Å². The predicted octanol–water partition coefficient (Wildman–Crippen LogP) is 7.72. The Bertz CT molecular complexity index is 1300. The van der Waals surface area contributed by atoms with Crippen LogP contribution in [0.25, 0.3) is 11.3 Å². The van der Waals surface area contributed by atoms with Gasteiger partial charge in [0.15, 0.2) is 5.13 Å². The molecule has 0 aliphatic carbocycles. The summed E-state index contributed by atoms with van der Waals surface area (Å²) in [4.78, 5) is 31.2. The summed E-state index contributed by atoms with van der Waals surface area (Å²) in [5, 5.41) is 8.01. The molecule has 0 spiro atoms. The van der Waals surface area contributed by atoms with E-state index in [1.165, 1.54) is 28.7 Å². The van der Waals surface area contributed by atoms with Crippen molar-refractivity contribution >= 4 is 45.7 Å². The van der Waals surface area contributed by atoms with Crippen LogP contribution in [0.2, 0.25) is 0 Å². The van der Waals surface area contributed by atoms with Crippen molar-refractivity contribution in [1.82, 2.24) is 4.98 Å². The molecule has 0 aliphatic heterocycles. The third-order valence-electron chi connectivity index (χ3n) is 5.55. The van der Waals surface area contributed by atoms with Crippen molar-refractivity contribution in [1.29, 1.82) is 0 Å². The Morgan fingerprint density at radius 2 is 1.75 bits per heavy atom. The Labute approximate surface area is 220 Å². The molecule has 184 valence electrons. The van der Waals surface area contributed by atoms with E-state index in [1.54, 1.807) is 0 Å². The maximum absolute atomic E-state index is 13.5. The van der Waals surface area contributed by atoms with Crippen molar-refractivity contribution in [3.63, 3.8) is 0 Å². The zero-order valence-corrected chi connectivity index (χ0v) is 22.0. The summed E-state index contributed by atoms with van der Waals surface area (Å²) in [5.74, 6) is -0.141. The highest BCUT2D eigenvalue weighted by Crippen LogP contribution is 2.37. The lowest BCUT2D eigenvalue weighted by molar-refractivity contribution is -0.116. The summed E-state index contributed by atoms with van der Waals surface area (Å²) in [6.45, 7) is 4.11. The Hall–Kier alpha value is -3.42. The third kappa shape index (κ3) is 7.06. The molecule has 0 bridgehead atoms. The van der Waals surface area contributed by atoms with Crippen molar-refractivity contribution in [2.45, 2.75) is 43.3 Å². The van der Waals surface area contributed by atoms with Crippen LogP contribution in [0.5, 0.6) is 0 Å². The van der Waals surface area contributed by atoms with Gasteiger partial charge in [-0.05, 0) is 37.1 Å². The highest BCUT2D eigenvalue weighted by atomic mass is 32.2. The first-order chi connectivity index (χ1) is 17.5. The fraction of sp³-hybridized carbons (Fsp3) is 0.207. The first-order valence-electron chi connectivity index (χ1n) is 12.0. The van der Waals surface area contributed by atoms with Gasteiger partial charge in [0.1, 0.15) is 5.25 Å². The highest BCUT2D eigenvalue weighted by Gasteiger charge is 2.23. The zero-order chi connectivity index (χ0) is 25.3. The summed E-state index contributed by atoms with van der Waals surface area (Å²) >= 11 is 2.86. The number of nitrogens with zero attached hydrogens (tertiary/aromatic N) is 1. The number of benzene rings is 3. The summed E-state index contributed by atoms with van der Waals surface area (Å²) in [7, 11) is 0. The molecule has 2 N–H and O–H groups in total. The minimum atomic E-state index is -0.482. The number of amides is 2. The number of rotatable bonds is 10. The summed E-state index contributed by atoms with van der Waals surface area (Å²) in [6, 6.07) is 25.5. The van der Waals surface area contributed by atoms with Crippen LogP contribution >= 0.6 is 23.1 Å². The zero-order valence-electron chi connectivity index (χ0n) is 20.4. The number of carbonyl (C=O) groups is 2. The summed E-state index contributed by atoms with van der Waals surface area (Å²) in [6.07, 6.45) is 2.34. The van der Waals surface area contributed by atoms with Crippen LogP contribution < -0.4 is 10.6 Å². The summed E-state index contributed by atoms with van der Waals surface area (Å²) < 4.78 is 0. The van der Waals surface area contributed by atoms with Crippen LogP contribution in [0.4, 0.5) is 10.8 Å². The molecule has 2 amide bonds. The maximum Gasteiger partial charge on any atom is 0.244 e. The number of hydrogen-bond acceptors (Lipinski definition) is 5. The number of unbranched alkanes of at least 4 members (excludes halogenated alkanes) is 1. The quantitative estimate of drug-likeness (QED) is 0.212. The molecular formula is C29H29N3O2S2. The molecule has 36 heavy (non-hydrogen) atoms. The normalized spacial score (nSPS) is 11.6. The lowest BCUT2D eigenvalue weighted by Crippen LogP contribution is -2.19. The minimum Gasteiger partial charge on any atom is -0.326 e. The number of anilines is 2. The van der Waals surface area contributed by atoms with Crippen LogP contribution in [0.3, 0.4) is 0 Å². The number of thioether (sulfide) groups is 1. The van der Waals surface area contributed by atoms with Gasteiger partial charge in [-0.15, -0.1) is 23.1 Å². The van der Waals surface area contributed by atoms with Crippen LogP contribution in [0.15, 0.2) is 89.1 Å². The molecule has 1 aromatic heterocycles. The number of hydrogen-bond donors (Lipinski definition) is 2. The van der Waals surface area contributed by atoms with Crippen molar-refractivity contribution in [3.8, 4) is 11.3 Å². The third-order valence-corrected chi connectivity index (χ3v) is 7.56. The molecule has 1 unspecified atom stereocenters. The highest BCUT2D eigenvalue weighted by molar-refractivity contribution is 8.00. The molecule has 5 nitrogen and oxygen atoms in total. The average molecular weight is 516 g/mol. The van der Waals surface area contributed by atoms with Crippen molar-refractivity contribution in [2.24, 2.45) is 0 Å². The molecule has 4 aromatic rings. The van der Waals surface area contributed by atoms with Gasteiger partial charge in [-0.1, -0.05) is 79.6 Å². The smallest absolute Gasteiger partial charge is 0.244 e. The van der Waals surface area contributed by atoms with E-state index in [1.807, 2.05) is 79.0 Å². The molecule has 0 radical (unpaired) electrons. The van der Waals surface area contributed by atoms with E-state index < -0.39 is 5.25 Å². The molecule has 1 atom stereocenters. The van der Waals surface area contributed by atoms with Gasteiger partial charge in [-0.25, -0.2) is 4.98 Å². The van der Waals surface area contributed by atoms with Crippen LogP contribution in [0, 0.1) is 6.92 Å². The molecule has 0 saturated carbocycles. The van der Waals surface area contributed by atoms with Crippen LogP contribution in [-0.2, 0) is 9.59 Å². The van der Waals surface area contributed by atoms with E-state index in [-0.39, 0.29) is 11.8 Å². The van der Waals surface area contributed by atoms with Crippen LogP contribution in [0.1, 0.15) is 42.6 Å². The van der Waals surface area contributed by atoms with E-state index in [4.69, 9.17) is 0 Å². The van der Waals surface area contributed by atoms with E-state index in [9.17, 15) is 9.59 Å². The fourth-order valence-corrected chi connectivity index (χ4v) is 5.41. The first kappa shape index (κ1) is 25.7. The first-order valence-corrected chi connectivity index (χ1v) is 13.7. The topological polar surface area (TPSA) is 71.1 Å². The van der Waals surface area contributed by atoms with Gasteiger partial charge in [0.2, 0.25) is 11.8 Å². The van der Waals surface area contributed by atoms with E-state index in [0.717, 1.165) is 40.2 Å². The Kier molecular flexibility index (Phi) is 8.92.